The quantitative estimate of drug-likeness (QED) is 0.737. The number of amides is 1. The molecule has 1 aromatic rings. The van der Waals surface area contributed by atoms with Gasteiger partial charge in [-0.2, -0.15) is 0 Å². The molecule has 1 saturated heterocycles. The summed E-state index contributed by atoms with van der Waals surface area (Å²) in [6, 6.07) is 5.60. The molecule has 0 aromatic heterocycles. The molecule has 0 spiro atoms. The second-order valence-corrected chi connectivity index (χ2v) is 5.24. The van der Waals surface area contributed by atoms with Crippen molar-refractivity contribution in [1.82, 2.24) is 15.5 Å². The number of benzene rings is 1. The number of hydrogen-bond donors (Lipinski definition) is 2. The molecule has 23 heavy (non-hydrogen) atoms. The first kappa shape index (κ1) is 17.3. The number of ether oxygens (including phenoxy) is 2. The van der Waals surface area contributed by atoms with Gasteiger partial charge in [-0.05, 0) is 30.7 Å². The summed E-state index contributed by atoms with van der Waals surface area (Å²) >= 11 is 0. The van der Waals surface area contributed by atoms with E-state index >= 15 is 0 Å². The molecule has 1 amide bonds. The number of nitrogens with one attached hydrogen (secondary N) is 2. The number of carbonyl (C=O) groups excluding carboxylic acids is 1. The van der Waals surface area contributed by atoms with E-state index in [9.17, 15) is 4.79 Å². The second kappa shape index (κ2) is 9.17. The van der Waals surface area contributed by atoms with Gasteiger partial charge in [0.2, 0.25) is 5.91 Å². The Balaban J connectivity index is 1.87. The first-order chi connectivity index (χ1) is 11.2. The summed E-state index contributed by atoms with van der Waals surface area (Å²) in [5.74, 6) is 1.27. The maximum absolute atomic E-state index is 11.9. The Labute approximate surface area is 137 Å². The minimum absolute atomic E-state index is 0.101. The maximum atomic E-state index is 11.9. The van der Waals surface area contributed by atoms with E-state index in [0.717, 1.165) is 31.7 Å². The number of rotatable bonds is 7. The first-order valence-corrected chi connectivity index (χ1v) is 7.92. The molecule has 2 N–H and O–H groups in total. The van der Waals surface area contributed by atoms with Gasteiger partial charge in [0.05, 0.1) is 20.4 Å². The van der Waals surface area contributed by atoms with Gasteiger partial charge in [0.15, 0.2) is 11.5 Å². The zero-order valence-corrected chi connectivity index (χ0v) is 13.8. The highest BCUT2D eigenvalue weighted by molar-refractivity contribution is 5.91. The van der Waals surface area contributed by atoms with E-state index in [4.69, 9.17) is 9.47 Å². The minimum atomic E-state index is -0.101. The molecule has 0 bridgehead atoms. The second-order valence-electron chi connectivity index (χ2n) is 5.24. The van der Waals surface area contributed by atoms with Crippen molar-refractivity contribution in [2.45, 2.75) is 6.92 Å². The molecule has 1 heterocycles. The molecule has 2 rings (SSSR count). The first-order valence-electron chi connectivity index (χ1n) is 7.92. The lowest BCUT2D eigenvalue weighted by Gasteiger charge is -2.26. The van der Waals surface area contributed by atoms with Gasteiger partial charge in [0, 0.05) is 32.3 Å². The van der Waals surface area contributed by atoms with E-state index in [2.05, 4.69) is 15.5 Å². The van der Waals surface area contributed by atoms with E-state index in [-0.39, 0.29) is 5.91 Å². The molecular formula is C17H25N3O3. The van der Waals surface area contributed by atoms with Crippen LogP contribution in [0.3, 0.4) is 0 Å². The average molecular weight is 319 g/mol. The standard InChI is InChI=1S/C17H25N3O3/c1-3-23-15-6-4-14(12-16(15)22-2)5-7-17(21)19-13-20-10-8-18-9-11-20/h4-7,12,18H,3,8-11,13H2,1-2H3,(H,19,21)/b7-5+. The normalized spacial score (nSPS) is 15.6. The molecule has 6 nitrogen and oxygen atoms in total. The van der Waals surface area contributed by atoms with Gasteiger partial charge in [0.25, 0.3) is 0 Å². The van der Waals surface area contributed by atoms with Crippen LogP contribution in [0.1, 0.15) is 12.5 Å². The number of carbonyl (C=O) groups is 1. The lowest BCUT2D eigenvalue weighted by atomic mass is 10.2. The molecule has 1 aromatic carbocycles. The molecule has 126 valence electrons. The molecule has 0 aliphatic carbocycles. The van der Waals surface area contributed by atoms with Gasteiger partial charge < -0.3 is 20.1 Å². The fourth-order valence-electron chi connectivity index (χ4n) is 2.35. The molecular weight excluding hydrogens is 294 g/mol. The Morgan fingerprint density at radius 1 is 1.35 bits per heavy atom. The predicted molar refractivity (Wildman–Crippen MR) is 90.6 cm³/mol. The number of hydrogen-bond acceptors (Lipinski definition) is 5. The number of piperazine rings is 1. The van der Waals surface area contributed by atoms with Crippen LogP contribution < -0.4 is 20.1 Å². The third-order valence-corrected chi connectivity index (χ3v) is 3.60. The van der Waals surface area contributed by atoms with Crippen molar-refractivity contribution >= 4 is 12.0 Å². The van der Waals surface area contributed by atoms with Crippen molar-refractivity contribution in [3.63, 3.8) is 0 Å². The van der Waals surface area contributed by atoms with Crippen molar-refractivity contribution < 1.29 is 14.3 Å². The van der Waals surface area contributed by atoms with Crippen LogP contribution in [-0.4, -0.2) is 57.4 Å². The Kier molecular flexibility index (Phi) is 6.90. The highest BCUT2D eigenvalue weighted by Gasteiger charge is 2.09. The lowest BCUT2D eigenvalue weighted by Crippen LogP contribution is -2.47. The van der Waals surface area contributed by atoms with E-state index in [0.29, 0.717) is 24.8 Å². The van der Waals surface area contributed by atoms with Gasteiger partial charge in [-0.3, -0.25) is 9.69 Å². The van der Waals surface area contributed by atoms with E-state index < -0.39 is 0 Å². The predicted octanol–water partition coefficient (Wildman–Crippen LogP) is 1.09. The minimum Gasteiger partial charge on any atom is -0.493 e. The Morgan fingerprint density at radius 2 is 2.13 bits per heavy atom. The summed E-state index contributed by atoms with van der Waals surface area (Å²) in [6.07, 6.45) is 3.31. The molecule has 0 atom stereocenters. The molecule has 1 aliphatic rings. The summed E-state index contributed by atoms with van der Waals surface area (Å²) in [7, 11) is 1.60. The van der Waals surface area contributed by atoms with Crippen molar-refractivity contribution in [2.75, 3.05) is 46.6 Å². The summed E-state index contributed by atoms with van der Waals surface area (Å²) < 4.78 is 10.8. The Bertz CT molecular complexity index is 540. The van der Waals surface area contributed by atoms with Crippen LogP contribution in [-0.2, 0) is 4.79 Å². The average Bonchev–Trinajstić information content (AvgIpc) is 2.60. The highest BCUT2D eigenvalue weighted by atomic mass is 16.5. The van der Waals surface area contributed by atoms with Crippen molar-refractivity contribution in [3.05, 3.63) is 29.8 Å². The SMILES string of the molecule is CCOc1ccc(/C=C/C(=O)NCN2CCNCC2)cc1OC. The fourth-order valence-corrected chi connectivity index (χ4v) is 2.35. The van der Waals surface area contributed by atoms with Crippen molar-refractivity contribution in [1.29, 1.82) is 0 Å². The van der Waals surface area contributed by atoms with Crippen LogP contribution in [0.15, 0.2) is 24.3 Å². The summed E-state index contributed by atoms with van der Waals surface area (Å²) in [5.41, 5.74) is 0.891. The molecule has 6 heteroatoms. The smallest absolute Gasteiger partial charge is 0.245 e. The molecule has 0 unspecified atom stereocenters. The summed E-state index contributed by atoms with van der Waals surface area (Å²) in [5, 5.41) is 6.18. The Hall–Kier alpha value is -2.05. The summed E-state index contributed by atoms with van der Waals surface area (Å²) in [4.78, 5) is 14.1. The number of nitrogens with zero attached hydrogens (tertiary/aromatic N) is 1. The van der Waals surface area contributed by atoms with Crippen LogP contribution in [0.25, 0.3) is 6.08 Å². The van der Waals surface area contributed by atoms with Gasteiger partial charge in [-0.1, -0.05) is 6.07 Å². The topological polar surface area (TPSA) is 62.8 Å². The van der Waals surface area contributed by atoms with Gasteiger partial charge in [-0.25, -0.2) is 0 Å². The maximum Gasteiger partial charge on any atom is 0.245 e. The molecule has 0 radical (unpaired) electrons. The van der Waals surface area contributed by atoms with Crippen LogP contribution in [0.5, 0.6) is 11.5 Å². The molecule has 1 aliphatic heterocycles. The number of methoxy groups -OCH3 is 1. The van der Waals surface area contributed by atoms with Gasteiger partial charge in [0.1, 0.15) is 0 Å². The van der Waals surface area contributed by atoms with E-state index in [1.807, 2.05) is 25.1 Å². The van der Waals surface area contributed by atoms with Gasteiger partial charge >= 0.3 is 0 Å². The van der Waals surface area contributed by atoms with Crippen LogP contribution in [0.2, 0.25) is 0 Å². The van der Waals surface area contributed by atoms with Crippen molar-refractivity contribution in [2.24, 2.45) is 0 Å². The van der Waals surface area contributed by atoms with E-state index in [1.54, 1.807) is 13.2 Å². The van der Waals surface area contributed by atoms with Crippen molar-refractivity contribution in [3.8, 4) is 11.5 Å². The third kappa shape index (κ3) is 5.58. The molecule has 0 saturated carbocycles. The van der Waals surface area contributed by atoms with Crippen LogP contribution in [0.4, 0.5) is 0 Å². The van der Waals surface area contributed by atoms with Crippen LogP contribution in [0, 0.1) is 0 Å². The monoisotopic (exact) mass is 319 g/mol. The van der Waals surface area contributed by atoms with E-state index in [1.165, 1.54) is 6.08 Å². The third-order valence-electron chi connectivity index (χ3n) is 3.60. The largest absolute Gasteiger partial charge is 0.493 e. The van der Waals surface area contributed by atoms with Crippen LogP contribution >= 0.6 is 0 Å². The lowest BCUT2D eigenvalue weighted by molar-refractivity contribution is -0.117. The fraction of sp³-hybridized carbons (Fsp3) is 0.471. The van der Waals surface area contributed by atoms with Gasteiger partial charge in [-0.15, -0.1) is 0 Å². The zero-order chi connectivity index (χ0) is 16.5. The summed E-state index contributed by atoms with van der Waals surface area (Å²) in [6.45, 7) is 6.95. The Morgan fingerprint density at radius 3 is 2.83 bits per heavy atom. The zero-order valence-electron chi connectivity index (χ0n) is 13.8. The molecule has 1 fully saturated rings. The highest BCUT2D eigenvalue weighted by Crippen LogP contribution is 2.28.